The zero-order valence-electron chi connectivity index (χ0n) is 15.5. The Morgan fingerprint density at radius 1 is 1.00 bits per heavy atom. The lowest BCUT2D eigenvalue weighted by atomic mass is 10.3. The first-order valence-corrected chi connectivity index (χ1v) is 12.6. The van der Waals surface area contributed by atoms with E-state index in [0.717, 1.165) is 5.75 Å². The molecule has 2 rings (SSSR count). The molecule has 1 atom stereocenters. The van der Waals surface area contributed by atoms with Crippen LogP contribution in [0.25, 0.3) is 0 Å². The minimum absolute atomic E-state index is 0.277. The van der Waals surface area contributed by atoms with E-state index in [4.69, 9.17) is 9.47 Å². The average Bonchev–Trinajstić information content (AvgIpc) is 2.53. The molecule has 0 aromatic heterocycles. The highest BCUT2D eigenvalue weighted by Crippen LogP contribution is 2.24. The van der Waals surface area contributed by atoms with Crippen molar-refractivity contribution in [1.29, 1.82) is 0 Å². The van der Waals surface area contributed by atoms with Crippen molar-refractivity contribution >= 4 is 38.1 Å². The van der Waals surface area contributed by atoms with Crippen LogP contribution in [0.5, 0.6) is 5.75 Å². The van der Waals surface area contributed by atoms with Gasteiger partial charge >= 0.3 is 0 Å². The van der Waals surface area contributed by atoms with E-state index in [9.17, 15) is 0 Å². The Labute approximate surface area is 148 Å². The van der Waals surface area contributed by atoms with E-state index in [1.54, 1.807) is 7.11 Å². The van der Waals surface area contributed by atoms with Gasteiger partial charge in [0, 0.05) is 37.5 Å². The van der Waals surface area contributed by atoms with Crippen molar-refractivity contribution in [3.05, 3.63) is 42.5 Å². The summed E-state index contributed by atoms with van der Waals surface area (Å²) >= 11 is 0. The van der Waals surface area contributed by atoms with Crippen molar-refractivity contribution in [2.24, 2.45) is 0 Å². The van der Waals surface area contributed by atoms with Gasteiger partial charge in [-0.2, -0.15) is 0 Å². The van der Waals surface area contributed by atoms with Crippen LogP contribution >= 0.6 is 8.58 Å². The van der Waals surface area contributed by atoms with E-state index in [0.29, 0.717) is 8.58 Å². The summed E-state index contributed by atoms with van der Waals surface area (Å²) in [7, 11) is 5.02. The molecule has 0 amide bonds. The molecule has 3 nitrogen and oxygen atoms in total. The van der Waals surface area contributed by atoms with Crippen LogP contribution < -0.4 is 25.4 Å². The lowest BCUT2D eigenvalue weighted by Crippen LogP contribution is -2.39. The highest BCUT2D eigenvalue weighted by atomic mass is 31.1. The van der Waals surface area contributed by atoms with Crippen molar-refractivity contribution in [3.63, 3.8) is 0 Å². The van der Waals surface area contributed by atoms with Gasteiger partial charge in [0.25, 0.3) is 0 Å². The highest BCUT2D eigenvalue weighted by molar-refractivity contribution is 7.56. The molecule has 130 valence electrons. The van der Waals surface area contributed by atoms with Crippen LogP contribution in [0.1, 0.15) is 0 Å². The van der Waals surface area contributed by atoms with Crippen molar-refractivity contribution in [2.45, 2.75) is 19.6 Å². The van der Waals surface area contributed by atoms with Gasteiger partial charge in [-0.3, -0.25) is 0 Å². The third-order valence-corrected chi connectivity index (χ3v) is 7.23. The predicted octanol–water partition coefficient (Wildman–Crippen LogP) is 2.91. The topological polar surface area (TPSA) is 21.7 Å². The van der Waals surface area contributed by atoms with Gasteiger partial charge in [-0.1, -0.05) is 63.7 Å². The second-order valence-corrected chi connectivity index (χ2v) is 13.5. The number of ether oxygens (including phenoxy) is 2. The van der Waals surface area contributed by atoms with Gasteiger partial charge in [0.2, 0.25) is 0 Å². The number of benzene rings is 2. The maximum Gasteiger partial charge on any atom is 0.188 e. The molecule has 0 aliphatic carbocycles. The molecule has 0 saturated heterocycles. The van der Waals surface area contributed by atoms with E-state index in [1.165, 1.54) is 21.5 Å². The lowest BCUT2D eigenvalue weighted by Gasteiger charge is -2.21. The summed E-state index contributed by atoms with van der Waals surface area (Å²) in [5.41, 5.74) is 1.26. The number of methoxy groups -OCH3 is 1. The number of nitrogens with zero attached hydrogens (tertiary/aromatic N) is 1. The molecule has 0 heterocycles. The third kappa shape index (κ3) is 4.82. The van der Waals surface area contributed by atoms with E-state index in [-0.39, 0.29) is 6.79 Å². The molecule has 0 fully saturated rings. The quantitative estimate of drug-likeness (QED) is 0.430. The second-order valence-electron chi connectivity index (χ2n) is 7.05. The van der Waals surface area contributed by atoms with E-state index in [1.807, 2.05) is 0 Å². The third-order valence-electron chi connectivity index (χ3n) is 3.83. The zero-order chi connectivity index (χ0) is 17.7. The molecule has 0 bridgehead atoms. The van der Waals surface area contributed by atoms with Gasteiger partial charge in [0.15, 0.2) is 6.79 Å². The summed E-state index contributed by atoms with van der Waals surface area (Å²) in [5, 5.41) is 4.04. The fourth-order valence-electron chi connectivity index (χ4n) is 2.46. The molecule has 0 N–H and O–H groups in total. The Bertz CT molecular complexity index is 683. The van der Waals surface area contributed by atoms with Crippen LogP contribution in [0.4, 0.5) is 5.69 Å². The Morgan fingerprint density at radius 2 is 1.71 bits per heavy atom. The first kappa shape index (κ1) is 19.0. The molecule has 5 heteroatoms. The summed E-state index contributed by atoms with van der Waals surface area (Å²) in [4.78, 5) is 2.17. The average molecular weight is 361 g/mol. The van der Waals surface area contributed by atoms with E-state index >= 15 is 0 Å². The fourth-order valence-corrected chi connectivity index (χ4v) is 5.17. The summed E-state index contributed by atoms with van der Waals surface area (Å²) in [6.45, 7) is 7.40. The minimum Gasteiger partial charge on any atom is -0.467 e. The fraction of sp³-hybridized carbons (Fsp3) is 0.368. The standard InChI is InChI=1S/C19H28NO2PSi/c1-20(2)16-9-7-8-10-18(16)23-19-13-15(24(4,5)6)11-12-17(19)22-14-21-3/h7-13,23H,14H2,1-6H3. The maximum atomic E-state index is 5.81. The van der Waals surface area contributed by atoms with E-state index < -0.39 is 8.07 Å². The zero-order valence-corrected chi connectivity index (χ0v) is 17.5. The highest BCUT2D eigenvalue weighted by Gasteiger charge is 2.19. The Morgan fingerprint density at radius 3 is 2.33 bits per heavy atom. The first-order chi connectivity index (χ1) is 11.3. The molecule has 0 aliphatic rings. The monoisotopic (exact) mass is 361 g/mol. The molecule has 1 unspecified atom stereocenters. The molecule has 0 radical (unpaired) electrons. The Balaban J connectivity index is 2.43. The maximum absolute atomic E-state index is 5.81. The van der Waals surface area contributed by atoms with Crippen LogP contribution in [-0.4, -0.2) is 36.1 Å². The van der Waals surface area contributed by atoms with Gasteiger partial charge in [-0.05, 0) is 12.1 Å². The van der Waals surface area contributed by atoms with Gasteiger partial charge in [0.05, 0.1) is 8.07 Å². The minimum atomic E-state index is -1.36. The summed E-state index contributed by atoms with van der Waals surface area (Å²) in [5.74, 6) is 0.922. The Kier molecular flexibility index (Phi) is 6.45. The van der Waals surface area contributed by atoms with E-state index in [2.05, 4.69) is 81.1 Å². The van der Waals surface area contributed by atoms with Crippen LogP contribution in [0, 0.1) is 0 Å². The van der Waals surface area contributed by atoms with Crippen LogP contribution in [0.15, 0.2) is 42.5 Å². The Hall–Kier alpha value is -1.35. The molecular formula is C19H28NO2PSi. The number of para-hydroxylation sites is 1. The lowest BCUT2D eigenvalue weighted by molar-refractivity contribution is 0.0519. The predicted molar refractivity (Wildman–Crippen MR) is 110 cm³/mol. The molecule has 24 heavy (non-hydrogen) atoms. The van der Waals surface area contributed by atoms with Crippen molar-refractivity contribution in [2.75, 3.05) is 32.9 Å². The largest absolute Gasteiger partial charge is 0.467 e. The smallest absolute Gasteiger partial charge is 0.188 e. The molecule has 0 saturated carbocycles. The molecule has 0 spiro atoms. The summed E-state index contributed by atoms with van der Waals surface area (Å²) < 4.78 is 10.9. The molecule has 2 aromatic rings. The molecular weight excluding hydrogens is 333 g/mol. The SMILES string of the molecule is COCOc1ccc([Si](C)(C)C)cc1Pc1ccccc1N(C)C. The molecule has 0 aliphatic heterocycles. The van der Waals surface area contributed by atoms with Crippen LogP contribution in [0.2, 0.25) is 19.6 Å². The number of anilines is 1. The van der Waals surface area contributed by atoms with Gasteiger partial charge in [-0.25, -0.2) is 0 Å². The van der Waals surface area contributed by atoms with Crippen LogP contribution in [-0.2, 0) is 4.74 Å². The van der Waals surface area contributed by atoms with Gasteiger partial charge in [-0.15, -0.1) is 0 Å². The van der Waals surface area contributed by atoms with Crippen molar-refractivity contribution in [3.8, 4) is 5.75 Å². The number of rotatable bonds is 7. The molecule has 2 aromatic carbocycles. The van der Waals surface area contributed by atoms with Gasteiger partial charge < -0.3 is 14.4 Å². The van der Waals surface area contributed by atoms with Crippen molar-refractivity contribution in [1.82, 2.24) is 0 Å². The second kappa shape index (κ2) is 8.15. The van der Waals surface area contributed by atoms with Gasteiger partial charge in [0.1, 0.15) is 5.75 Å². The first-order valence-electron chi connectivity index (χ1n) is 8.12. The number of hydrogen-bond acceptors (Lipinski definition) is 3. The van der Waals surface area contributed by atoms with Crippen molar-refractivity contribution < 1.29 is 9.47 Å². The summed E-state index contributed by atoms with van der Waals surface area (Å²) in [6.07, 6.45) is 0. The number of hydrogen-bond donors (Lipinski definition) is 0. The normalized spacial score (nSPS) is 11.9. The summed E-state index contributed by atoms with van der Waals surface area (Å²) in [6, 6.07) is 15.2. The van der Waals surface area contributed by atoms with Crippen LogP contribution in [0.3, 0.4) is 0 Å².